The summed E-state index contributed by atoms with van der Waals surface area (Å²) in [5.41, 5.74) is -0.0794. The second-order valence-corrected chi connectivity index (χ2v) is 6.14. The third-order valence-electron chi connectivity index (χ3n) is 4.87. The lowest BCUT2D eigenvalue weighted by atomic mass is 9.83. The molecule has 0 heterocycles. The Morgan fingerprint density at radius 1 is 1.10 bits per heavy atom. The van der Waals surface area contributed by atoms with Crippen molar-refractivity contribution in [3.05, 3.63) is 0 Å². The Balaban J connectivity index is 2.89. The van der Waals surface area contributed by atoms with E-state index in [2.05, 4.69) is 31.0 Å². The van der Waals surface area contributed by atoms with Crippen molar-refractivity contribution in [2.24, 2.45) is 0 Å². The van der Waals surface area contributed by atoms with Gasteiger partial charge >= 0.3 is 6.18 Å². The Morgan fingerprint density at radius 3 is 2.10 bits per heavy atom. The van der Waals surface area contributed by atoms with E-state index < -0.39 is 12.6 Å². The molecule has 0 saturated heterocycles. The fourth-order valence-corrected chi connectivity index (χ4v) is 3.91. The number of halogens is 3. The summed E-state index contributed by atoms with van der Waals surface area (Å²) in [5.74, 6) is 0. The molecule has 1 rings (SSSR count). The molecule has 5 heteroatoms. The molecule has 1 fully saturated rings. The van der Waals surface area contributed by atoms with Crippen LogP contribution in [0.5, 0.6) is 0 Å². The average Bonchev–Trinajstić information content (AvgIpc) is 2.89. The minimum atomic E-state index is -4.06. The van der Waals surface area contributed by atoms with Gasteiger partial charge in [-0.3, -0.25) is 4.90 Å². The highest BCUT2D eigenvalue weighted by Crippen LogP contribution is 2.40. The van der Waals surface area contributed by atoms with Crippen molar-refractivity contribution in [3.63, 3.8) is 0 Å². The summed E-state index contributed by atoms with van der Waals surface area (Å²) in [6.07, 6.45) is 0.713. The van der Waals surface area contributed by atoms with Crippen molar-refractivity contribution in [3.8, 4) is 0 Å². The number of nitrogens with zero attached hydrogens (tertiary/aromatic N) is 1. The second-order valence-electron chi connectivity index (χ2n) is 6.14. The van der Waals surface area contributed by atoms with Gasteiger partial charge in [-0.2, -0.15) is 13.2 Å². The highest BCUT2D eigenvalue weighted by atomic mass is 19.4. The molecule has 1 aliphatic rings. The summed E-state index contributed by atoms with van der Waals surface area (Å²) in [6.45, 7) is 8.91. The molecule has 1 atom stereocenters. The molecule has 21 heavy (non-hydrogen) atoms. The molecular formula is C16H31F3N2. The number of hydrogen-bond acceptors (Lipinski definition) is 2. The Hall–Kier alpha value is -0.290. The molecule has 1 aliphatic carbocycles. The number of nitrogens with one attached hydrogen (secondary N) is 1. The van der Waals surface area contributed by atoms with Crippen molar-refractivity contribution < 1.29 is 13.2 Å². The van der Waals surface area contributed by atoms with Crippen molar-refractivity contribution in [1.82, 2.24) is 10.2 Å². The van der Waals surface area contributed by atoms with E-state index in [1.165, 1.54) is 0 Å². The molecule has 0 radical (unpaired) electrons. The molecule has 0 bridgehead atoms. The standard InChI is InChI=1S/C16H31F3N2/c1-4-13-20-14(9-12-16(17,18)19)15(10-7-8-11-15)21(5-2)6-3/h14,20H,4-13H2,1-3H3. The monoisotopic (exact) mass is 308 g/mol. The zero-order valence-corrected chi connectivity index (χ0v) is 13.7. The van der Waals surface area contributed by atoms with Crippen LogP contribution in [-0.4, -0.2) is 42.3 Å². The molecule has 126 valence electrons. The van der Waals surface area contributed by atoms with Crippen LogP contribution >= 0.6 is 0 Å². The van der Waals surface area contributed by atoms with Gasteiger partial charge in [0.25, 0.3) is 0 Å². The summed E-state index contributed by atoms with van der Waals surface area (Å²) in [5, 5.41) is 3.43. The van der Waals surface area contributed by atoms with Crippen LogP contribution in [0.25, 0.3) is 0 Å². The number of hydrogen-bond donors (Lipinski definition) is 1. The van der Waals surface area contributed by atoms with Crippen molar-refractivity contribution in [1.29, 1.82) is 0 Å². The smallest absolute Gasteiger partial charge is 0.312 e. The fourth-order valence-electron chi connectivity index (χ4n) is 3.91. The molecule has 0 spiro atoms. The molecule has 2 nitrogen and oxygen atoms in total. The summed E-state index contributed by atoms with van der Waals surface area (Å²) in [7, 11) is 0. The van der Waals surface area contributed by atoms with Gasteiger partial charge in [0, 0.05) is 18.0 Å². The minimum absolute atomic E-state index is 0.0542. The Morgan fingerprint density at radius 2 is 1.67 bits per heavy atom. The second kappa shape index (κ2) is 8.37. The number of likely N-dealkylation sites (N-methyl/N-ethyl adjacent to an activating group) is 1. The van der Waals surface area contributed by atoms with E-state index in [-0.39, 0.29) is 18.0 Å². The number of alkyl halides is 3. The number of rotatable bonds is 9. The Bertz CT molecular complexity index is 282. The lowest BCUT2D eigenvalue weighted by Gasteiger charge is -2.47. The van der Waals surface area contributed by atoms with Gasteiger partial charge in [0.2, 0.25) is 0 Å². The van der Waals surface area contributed by atoms with Crippen LogP contribution in [0.15, 0.2) is 0 Å². The van der Waals surface area contributed by atoms with E-state index in [9.17, 15) is 13.2 Å². The Labute approximate surface area is 127 Å². The summed E-state index contributed by atoms with van der Waals surface area (Å²) in [4.78, 5) is 2.39. The first-order chi connectivity index (χ1) is 9.89. The van der Waals surface area contributed by atoms with E-state index in [1.807, 2.05) is 0 Å². The van der Waals surface area contributed by atoms with Gasteiger partial charge in [0.15, 0.2) is 0 Å². The first-order valence-electron chi connectivity index (χ1n) is 8.44. The van der Waals surface area contributed by atoms with Gasteiger partial charge in [-0.05, 0) is 45.3 Å². The summed E-state index contributed by atoms with van der Waals surface area (Å²) in [6, 6.07) is -0.0542. The predicted molar refractivity (Wildman–Crippen MR) is 81.5 cm³/mol. The van der Waals surface area contributed by atoms with E-state index in [4.69, 9.17) is 0 Å². The normalized spacial score (nSPS) is 20.1. The molecule has 1 saturated carbocycles. The molecule has 0 amide bonds. The SMILES string of the molecule is CCCNC(CCC(F)(F)F)C1(N(CC)CC)CCCC1. The molecule has 1 N–H and O–H groups in total. The van der Waals surface area contributed by atoms with Gasteiger partial charge in [0.05, 0.1) is 0 Å². The third-order valence-corrected chi connectivity index (χ3v) is 4.87. The molecule has 0 aromatic heterocycles. The lowest BCUT2D eigenvalue weighted by molar-refractivity contribution is -0.138. The van der Waals surface area contributed by atoms with Crippen LogP contribution in [0.1, 0.15) is 65.7 Å². The summed E-state index contributed by atoms with van der Waals surface area (Å²) < 4.78 is 38.0. The molecule has 0 aliphatic heterocycles. The van der Waals surface area contributed by atoms with Gasteiger partial charge < -0.3 is 5.32 Å². The topological polar surface area (TPSA) is 15.3 Å². The molecule has 1 unspecified atom stereocenters. The maximum absolute atomic E-state index is 12.7. The lowest BCUT2D eigenvalue weighted by Crippen LogP contribution is -2.60. The van der Waals surface area contributed by atoms with Crippen molar-refractivity contribution in [2.45, 2.75) is 83.5 Å². The highest BCUT2D eigenvalue weighted by molar-refractivity contribution is 5.03. The van der Waals surface area contributed by atoms with Gasteiger partial charge in [-0.25, -0.2) is 0 Å². The van der Waals surface area contributed by atoms with Crippen LogP contribution in [0.2, 0.25) is 0 Å². The van der Waals surface area contributed by atoms with Crippen LogP contribution in [-0.2, 0) is 0 Å². The van der Waals surface area contributed by atoms with Crippen LogP contribution in [0.4, 0.5) is 13.2 Å². The van der Waals surface area contributed by atoms with Gasteiger partial charge in [0.1, 0.15) is 0 Å². The largest absolute Gasteiger partial charge is 0.389 e. The van der Waals surface area contributed by atoms with Crippen molar-refractivity contribution >= 4 is 0 Å². The zero-order chi connectivity index (χ0) is 15.9. The first kappa shape index (κ1) is 18.8. The van der Waals surface area contributed by atoms with E-state index in [0.717, 1.165) is 51.7 Å². The van der Waals surface area contributed by atoms with Crippen LogP contribution in [0, 0.1) is 0 Å². The Kier molecular flexibility index (Phi) is 7.48. The van der Waals surface area contributed by atoms with Crippen molar-refractivity contribution in [2.75, 3.05) is 19.6 Å². The van der Waals surface area contributed by atoms with Crippen LogP contribution < -0.4 is 5.32 Å². The maximum Gasteiger partial charge on any atom is 0.389 e. The van der Waals surface area contributed by atoms with E-state index in [1.54, 1.807) is 0 Å². The minimum Gasteiger partial charge on any atom is -0.312 e. The third kappa shape index (κ3) is 5.13. The summed E-state index contributed by atoms with van der Waals surface area (Å²) >= 11 is 0. The predicted octanol–water partition coefficient (Wildman–Crippen LogP) is 4.35. The van der Waals surface area contributed by atoms with Gasteiger partial charge in [-0.15, -0.1) is 0 Å². The molecule has 0 aromatic carbocycles. The fraction of sp³-hybridized carbons (Fsp3) is 1.00. The highest BCUT2D eigenvalue weighted by Gasteiger charge is 2.45. The zero-order valence-electron chi connectivity index (χ0n) is 13.7. The van der Waals surface area contributed by atoms with E-state index in [0.29, 0.717) is 0 Å². The quantitative estimate of drug-likeness (QED) is 0.681. The molecular weight excluding hydrogens is 277 g/mol. The van der Waals surface area contributed by atoms with Crippen LogP contribution in [0.3, 0.4) is 0 Å². The first-order valence-corrected chi connectivity index (χ1v) is 8.44. The molecule has 0 aromatic rings. The van der Waals surface area contributed by atoms with E-state index >= 15 is 0 Å². The average molecular weight is 308 g/mol. The maximum atomic E-state index is 12.7. The van der Waals surface area contributed by atoms with Gasteiger partial charge in [-0.1, -0.05) is 33.6 Å².